The second-order valence-electron chi connectivity index (χ2n) is 22.0. The highest BCUT2D eigenvalue weighted by Crippen LogP contribution is 2.41. The van der Waals surface area contributed by atoms with E-state index in [1.54, 1.807) is 14.7 Å². The maximum absolute atomic E-state index is 4.28. The fourth-order valence-electron chi connectivity index (χ4n) is 10.4. The summed E-state index contributed by atoms with van der Waals surface area (Å²) in [6.07, 6.45) is 76.0. The Hall–Kier alpha value is 0.270. The molecule has 3 heteroatoms. The summed E-state index contributed by atoms with van der Waals surface area (Å²) in [4.78, 5) is 4.83. The number of aryl methyl sites for hydroxylation is 1. The van der Waals surface area contributed by atoms with Crippen LogP contribution in [0.15, 0.2) is 26.8 Å². The summed E-state index contributed by atoms with van der Waals surface area (Å²) in [6, 6.07) is 5.17. The molecule has 1 radical (unpaired) electrons. The van der Waals surface area contributed by atoms with Gasteiger partial charge in [0.15, 0.2) is 0 Å². The molecule has 0 amide bonds. The Morgan fingerprint density at radius 1 is 0.261 bits per heavy atom. The van der Waals surface area contributed by atoms with Gasteiger partial charge in [-0.3, -0.25) is 0 Å². The average Bonchev–Trinajstić information content (AvgIpc) is 3.35. The summed E-state index contributed by atoms with van der Waals surface area (Å²) in [7, 11) is 0. The normalized spacial score (nSPS) is 11.7. The molecule has 1 aromatic rings. The van der Waals surface area contributed by atoms with Crippen LogP contribution in [0.25, 0.3) is 0 Å². The molecule has 0 aliphatic carbocycles. The Kier molecular flexibility index (Phi) is 56.1. The molecule has 69 heavy (non-hydrogen) atoms. The molecular weight excluding hydrogens is 889 g/mol. The molecule has 0 fully saturated rings. The minimum absolute atomic E-state index is 0.998. The zero-order valence-electron chi connectivity index (χ0n) is 47.7. The summed E-state index contributed by atoms with van der Waals surface area (Å²) in [5.41, 5.74) is 1.53. The zero-order valence-corrected chi connectivity index (χ0v) is 50.1. The van der Waals surface area contributed by atoms with Gasteiger partial charge in [-0.1, -0.05) is 336 Å². The van der Waals surface area contributed by atoms with E-state index in [1.165, 1.54) is 350 Å². The van der Waals surface area contributed by atoms with E-state index in [0.29, 0.717) is 0 Å². The van der Waals surface area contributed by atoms with Crippen molar-refractivity contribution in [3.8, 4) is 0 Å². The molecule has 1 aromatic carbocycles. The maximum Gasteiger partial charge on any atom is 0.0344 e. The molecule has 0 saturated heterocycles. The average molecular weight is 1010 g/mol. The second kappa shape index (κ2) is 57.5. The van der Waals surface area contributed by atoms with Crippen LogP contribution in [-0.4, -0.2) is 17.3 Å². The minimum atomic E-state index is 0.998. The third-order valence-corrected chi connectivity index (χ3v) is 18.8. The van der Waals surface area contributed by atoms with E-state index >= 15 is 0 Å². The van der Waals surface area contributed by atoms with Crippen molar-refractivity contribution in [3.63, 3.8) is 0 Å². The molecule has 0 atom stereocenters. The second-order valence-corrected chi connectivity index (χ2v) is 25.4. The lowest BCUT2D eigenvalue weighted by atomic mass is 10.0. The lowest BCUT2D eigenvalue weighted by molar-refractivity contribution is 0.529. The van der Waals surface area contributed by atoms with Gasteiger partial charge in [0, 0.05) is 14.7 Å². The maximum atomic E-state index is 4.28. The molecule has 407 valence electrons. The Morgan fingerprint density at radius 2 is 0.449 bits per heavy atom. The van der Waals surface area contributed by atoms with Gasteiger partial charge in [-0.05, 0) is 67.1 Å². The van der Waals surface area contributed by atoms with Crippen LogP contribution >= 0.6 is 35.3 Å². The fraction of sp³-hybridized carbons (Fsp3) is 0.894. The van der Waals surface area contributed by atoms with E-state index in [4.69, 9.17) is 0 Å². The van der Waals surface area contributed by atoms with Gasteiger partial charge >= 0.3 is 0 Å². The molecule has 0 bridgehead atoms. The Balaban J connectivity index is 2.44. The molecule has 0 nitrogen and oxygen atoms in total. The molecule has 1 rings (SSSR count). The van der Waals surface area contributed by atoms with Crippen molar-refractivity contribution < 1.29 is 0 Å². The van der Waals surface area contributed by atoms with Crippen LogP contribution in [0.3, 0.4) is 0 Å². The summed E-state index contributed by atoms with van der Waals surface area (Å²) >= 11 is 6.59. The first-order valence-electron chi connectivity index (χ1n) is 32.1. The van der Waals surface area contributed by atoms with Crippen molar-refractivity contribution >= 4 is 35.3 Å². The topological polar surface area (TPSA) is 0 Å². The molecule has 0 spiro atoms. The first kappa shape index (κ1) is 67.3. The minimum Gasteiger partial charge on any atom is -0.125 e. The highest BCUT2D eigenvalue weighted by molar-refractivity contribution is 8.03. The molecule has 0 saturated carbocycles. The van der Waals surface area contributed by atoms with E-state index in [0.717, 1.165) is 12.8 Å². The summed E-state index contributed by atoms with van der Waals surface area (Å²) in [6.45, 7) is 11.2. The number of hydrogen-bond acceptors (Lipinski definition) is 3. The summed E-state index contributed by atoms with van der Waals surface area (Å²) < 4.78 is 0. The monoisotopic (exact) mass is 1010 g/mol. The standard InChI is InChI=1S/C66H125S3/c1-5-9-12-15-18-21-24-27-30-33-36-39-42-45-48-51-54-58-67-64-61-63(57-8-4)62-65(68-59-55-52-49-46-43-40-37-34-31-28-25-22-19-16-13-10-6-2)66(64)69-60-56-53-50-47-44-41-38-35-32-29-26-23-20-17-14-11-7-3/h61-62H,4-60H2,1-3H3. The van der Waals surface area contributed by atoms with Crippen LogP contribution < -0.4 is 0 Å². The molecule has 0 unspecified atom stereocenters. The van der Waals surface area contributed by atoms with Crippen LogP contribution in [-0.2, 0) is 6.42 Å². The van der Waals surface area contributed by atoms with E-state index < -0.39 is 0 Å². The third-order valence-electron chi connectivity index (χ3n) is 15.1. The SMILES string of the molecule is [CH2]CCc1cc(SCCCCCCCCCCCCCCCCCCC)c(SCCCCCCCCCCCCCCCCCCC)c(SCCCCCCCCCCCCCCCCCCC)c1. The smallest absolute Gasteiger partial charge is 0.0344 e. The predicted octanol–water partition coefficient (Wildman–Crippen LogP) is 25.7. The van der Waals surface area contributed by atoms with Gasteiger partial charge in [0.25, 0.3) is 0 Å². The summed E-state index contributed by atoms with van der Waals surface area (Å²) in [5, 5.41) is 0. The van der Waals surface area contributed by atoms with Gasteiger partial charge < -0.3 is 0 Å². The largest absolute Gasteiger partial charge is 0.125 e. The van der Waals surface area contributed by atoms with Gasteiger partial charge in [0.2, 0.25) is 0 Å². The van der Waals surface area contributed by atoms with E-state index in [1.807, 2.05) is 0 Å². The lowest BCUT2D eigenvalue weighted by Crippen LogP contribution is -1.94. The van der Waals surface area contributed by atoms with E-state index in [2.05, 4.69) is 75.1 Å². The lowest BCUT2D eigenvalue weighted by Gasteiger charge is -2.17. The van der Waals surface area contributed by atoms with E-state index in [9.17, 15) is 0 Å². The number of thioether (sulfide) groups is 3. The zero-order chi connectivity index (χ0) is 49.4. The van der Waals surface area contributed by atoms with E-state index in [-0.39, 0.29) is 0 Å². The first-order chi connectivity index (χ1) is 34.3. The quantitative estimate of drug-likeness (QED) is 0.0471. The van der Waals surface area contributed by atoms with Crippen molar-refractivity contribution in [2.24, 2.45) is 0 Å². The molecule has 0 N–H and O–H groups in total. The first-order valence-corrected chi connectivity index (χ1v) is 35.1. The Bertz CT molecular complexity index is 1050. The van der Waals surface area contributed by atoms with Crippen LogP contribution in [0.5, 0.6) is 0 Å². The van der Waals surface area contributed by atoms with Crippen LogP contribution in [0.1, 0.15) is 360 Å². The van der Waals surface area contributed by atoms with Crippen LogP contribution in [0.2, 0.25) is 0 Å². The highest BCUT2D eigenvalue weighted by Gasteiger charge is 2.14. The fourth-order valence-corrected chi connectivity index (χ4v) is 14.2. The van der Waals surface area contributed by atoms with Crippen molar-refractivity contribution in [2.45, 2.75) is 376 Å². The molecular formula is C66H125S3. The van der Waals surface area contributed by atoms with Gasteiger partial charge in [-0.15, -0.1) is 35.3 Å². The molecule has 0 heterocycles. The van der Waals surface area contributed by atoms with Crippen molar-refractivity contribution in [3.05, 3.63) is 24.6 Å². The highest BCUT2D eigenvalue weighted by atomic mass is 32.2. The number of rotatable bonds is 59. The van der Waals surface area contributed by atoms with Gasteiger partial charge in [-0.25, -0.2) is 0 Å². The predicted molar refractivity (Wildman–Crippen MR) is 325 cm³/mol. The van der Waals surface area contributed by atoms with Crippen molar-refractivity contribution in [2.75, 3.05) is 17.3 Å². The number of unbranched alkanes of at least 4 members (excludes halogenated alkanes) is 48. The molecule has 0 aliphatic rings. The van der Waals surface area contributed by atoms with Gasteiger partial charge in [0.05, 0.1) is 0 Å². The summed E-state index contributed by atoms with van der Waals surface area (Å²) in [5.74, 6) is 3.84. The number of benzene rings is 1. The van der Waals surface area contributed by atoms with Gasteiger partial charge in [0.1, 0.15) is 0 Å². The third kappa shape index (κ3) is 47.7. The molecule has 0 aromatic heterocycles. The Labute approximate surface area is 450 Å². The Morgan fingerprint density at radius 3 is 0.652 bits per heavy atom. The van der Waals surface area contributed by atoms with Crippen LogP contribution in [0.4, 0.5) is 0 Å². The van der Waals surface area contributed by atoms with Crippen LogP contribution in [0, 0.1) is 6.92 Å². The van der Waals surface area contributed by atoms with Crippen molar-refractivity contribution in [1.29, 1.82) is 0 Å². The van der Waals surface area contributed by atoms with Gasteiger partial charge in [-0.2, -0.15) is 0 Å². The molecule has 0 aliphatic heterocycles. The van der Waals surface area contributed by atoms with Crippen molar-refractivity contribution in [1.82, 2.24) is 0 Å². The number of hydrogen-bond donors (Lipinski definition) is 0.